The van der Waals surface area contributed by atoms with Gasteiger partial charge in [0.15, 0.2) is 0 Å². The molecule has 3 aromatic carbocycles. The monoisotopic (exact) mass is 1750 g/mol. The molecule has 6 N–H and O–H groups in total. The van der Waals surface area contributed by atoms with Crippen molar-refractivity contribution < 1.29 is 44.3 Å². The third-order valence-corrected chi connectivity index (χ3v) is 45.7. The number of nitro groups is 1. The Morgan fingerprint density at radius 3 is 1.61 bits per heavy atom. The number of aliphatic carboxylic acids is 3. The number of hydrogen-bond acceptors (Lipinski definition) is 9. The Morgan fingerprint density at radius 1 is 0.559 bits per heavy atom. The standard InChI is InChI=1S/C38H54N2O3.C37H54N2O5.C36H48ClNO2/c1-22(2)23-14-17-38(33(43)39-21-30(41)42)19-18-36(6)26(31(23)38)12-13-29-35(5)20-25-24-10-8-9-11-27(24)40-32(25)34(3,4)28(35)15-16-37(29,36)7;1-23(2)26-14-19-37(32(40)41)21-20-35(6)27(31(26)37)12-13-29-34(5)17-16-30(33(3,4)28(34)15-18-36(29,35)7)38-44-22-24-8-10-25(11-9-24)39(42)43;1-20(2)22-12-15-36(31(39)40)17-16-34(6)25(29(22)36)9-11-28-33(5)19-24-23-18-21(37)8-10-26(23)38-30(24)32(3,4)27(33)13-14-35(28,34)7/h8-11,23,25-26,28-29,31-32,40H,1,12-21H2,2-7H3,(H,39,43)(H,41,42);8-11,23,26-29,31H,12-22H2,1-7H3,(H,40,41);8,10,18,22,25,27-29,38H,1,9,11-17,19H2,2-7H3,(H,39,40)/b;38-30-;/t23-,25?,26?,28?,29?,31?,32?,35-,36+,37+,38-;26-,27-,28+,29-,31-,34+,35-,36-,37+;22-,25?,27?,28?,29?,33-,34+,35+,36-/m010/s1. The molecule has 0 saturated heterocycles. The zero-order valence-corrected chi connectivity index (χ0v) is 81.6. The van der Waals surface area contributed by atoms with Crippen LogP contribution in [0.4, 0.5) is 11.4 Å². The molecular weight excluding hydrogens is 1600 g/mol. The smallest absolute Gasteiger partial charge is 0.322 e. The first-order valence-corrected chi connectivity index (χ1v) is 50.8. The lowest BCUT2D eigenvalue weighted by molar-refractivity contribution is -0.384. The predicted octanol–water partition coefficient (Wildman–Crippen LogP) is 26.9. The van der Waals surface area contributed by atoms with E-state index in [4.69, 9.17) is 21.6 Å². The molecule has 15 nitrogen and oxygen atoms in total. The van der Waals surface area contributed by atoms with Gasteiger partial charge < -0.3 is 35.8 Å². The topological polar surface area (TPSA) is 234 Å². The number of carboxylic acids is 3. The second-order valence-corrected chi connectivity index (χ2v) is 51.0. The quantitative estimate of drug-likeness (QED) is 0.0443. The third-order valence-electron chi connectivity index (χ3n) is 45.4. The highest BCUT2D eigenvalue weighted by Crippen LogP contribution is 2.83. The van der Waals surface area contributed by atoms with Gasteiger partial charge in [-0.15, -0.1) is 0 Å². The molecule has 4 aromatic rings. The molecule has 0 radical (unpaired) electrons. The van der Waals surface area contributed by atoms with Crippen LogP contribution in [0.1, 0.15) is 333 Å². The van der Waals surface area contributed by atoms with Crippen molar-refractivity contribution in [1.29, 1.82) is 0 Å². The van der Waals surface area contributed by atoms with Crippen molar-refractivity contribution >= 4 is 63.4 Å². The number of carbonyl (C=O) groups excluding carboxylic acids is 1. The Morgan fingerprint density at radius 2 is 1.06 bits per heavy atom. The molecule has 20 rings (SSSR count). The van der Waals surface area contributed by atoms with Crippen molar-refractivity contribution in [2.45, 2.75) is 335 Å². The van der Waals surface area contributed by atoms with Crippen molar-refractivity contribution in [2.24, 2.45) is 176 Å². The maximum Gasteiger partial charge on any atom is 0.322 e. The summed E-state index contributed by atoms with van der Waals surface area (Å²) in [4.78, 5) is 71.6. The number of non-ortho nitro benzene ring substituents is 1. The summed E-state index contributed by atoms with van der Waals surface area (Å²) in [5, 5.41) is 55.4. The summed E-state index contributed by atoms with van der Waals surface area (Å²) < 4.78 is 0. The first-order valence-electron chi connectivity index (χ1n) is 50.4. The zero-order chi connectivity index (χ0) is 91.2. The van der Waals surface area contributed by atoms with Crippen LogP contribution in [0.5, 0.6) is 0 Å². The highest BCUT2D eigenvalue weighted by molar-refractivity contribution is 6.31. The number of nitrogens with one attached hydrogen (secondary N) is 3. The van der Waals surface area contributed by atoms with E-state index < -0.39 is 34.2 Å². The average Bonchev–Trinajstić information content (AvgIpc) is 1.67. The molecule has 10 unspecified atom stereocenters. The fourth-order valence-electron chi connectivity index (χ4n) is 39.2. The number of amides is 1. The summed E-state index contributed by atoms with van der Waals surface area (Å²) >= 11 is 6.54. The van der Waals surface area contributed by atoms with Crippen LogP contribution in [-0.4, -0.2) is 67.3 Å². The molecule has 2 heterocycles. The van der Waals surface area contributed by atoms with Gasteiger partial charge in [0, 0.05) is 62.2 Å². The Kier molecular flexibility index (Phi) is 21.9. The van der Waals surface area contributed by atoms with Crippen LogP contribution in [0.2, 0.25) is 5.02 Å². The second-order valence-electron chi connectivity index (χ2n) is 50.5. The minimum atomic E-state index is -0.966. The lowest BCUT2D eigenvalue weighted by Gasteiger charge is -2.73. The van der Waals surface area contributed by atoms with Gasteiger partial charge in [0.2, 0.25) is 5.91 Å². The first kappa shape index (κ1) is 91.0. The maximum atomic E-state index is 13.9. The number of oxime groups is 1. The van der Waals surface area contributed by atoms with Gasteiger partial charge in [-0.05, 0) is 396 Å². The minimum absolute atomic E-state index is 0.0129. The Labute approximate surface area is 764 Å². The summed E-state index contributed by atoms with van der Waals surface area (Å²) in [6.07, 6.45) is 30.3. The highest BCUT2D eigenvalue weighted by Gasteiger charge is 2.77. The Balaban J connectivity index is 0.000000129. The molecule has 14 fully saturated rings. The number of benzene rings is 3. The van der Waals surface area contributed by atoms with E-state index in [1.54, 1.807) is 12.1 Å². The van der Waals surface area contributed by atoms with Crippen molar-refractivity contribution in [2.75, 3.05) is 11.9 Å². The van der Waals surface area contributed by atoms with Crippen LogP contribution < -0.4 is 10.6 Å². The van der Waals surface area contributed by atoms with Crippen LogP contribution in [0.25, 0.3) is 10.9 Å². The lowest BCUT2D eigenvalue weighted by Crippen LogP contribution is -2.68. The predicted molar refractivity (Wildman–Crippen MR) is 507 cm³/mol. The van der Waals surface area contributed by atoms with Crippen molar-refractivity contribution in [3.8, 4) is 0 Å². The van der Waals surface area contributed by atoms with Gasteiger partial charge in [-0.1, -0.05) is 177 Å². The number of rotatable bonds is 12. The number of aromatic nitrogens is 1. The molecule has 16 aliphatic rings. The van der Waals surface area contributed by atoms with Crippen molar-refractivity contribution in [3.05, 3.63) is 129 Å². The van der Waals surface area contributed by atoms with Crippen LogP contribution in [0.15, 0.2) is 96.2 Å². The normalized spacial score (nSPS) is 45.2. The minimum Gasteiger partial charge on any atom is -0.481 e. The van der Waals surface area contributed by atoms with Gasteiger partial charge in [0.05, 0.1) is 26.9 Å². The zero-order valence-electron chi connectivity index (χ0n) is 80.8. The SMILES string of the molecule is C=C(C)[C@@H]1CC[C@]2(C(=O)NCC(=O)O)CC[C@]3(C)C(CCC4[C@@]5(C)CC6c7ccccc7NC6C(C)(C)C5CC[C@]43C)C12.C=C(C)[C@@H]1CC[C@]2(C(=O)O)CC[C@]3(C)C(CCC4[C@@]5(C)Cc6c([nH]c7ccc(Cl)cc67)C(C)(C)C5CC[C@]43C)C12.CC(C)[C@H]1CC[C@]2(C(=O)O)CC[C@]3(C)[C@H](CC[C@@H]4[C@@]5(C)CC/C(=N/OCc6ccc([N+](=O)[O-])cc6)C(C)(C)[C@@H]5CC[C@]43C)[C@@H]12. The number of carbonyl (C=O) groups is 4. The van der Waals surface area contributed by atoms with Crippen molar-refractivity contribution in [1.82, 2.24) is 10.3 Å². The van der Waals surface area contributed by atoms with E-state index in [1.165, 1.54) is 134 Å². The molecule has 14 saturated carbocycles. The third kappa shape index (κ3) is 12.6. The first-order chi connectivity index (χ1) is 59.5. The van der Waals surface area contributed by atoms with E-state index in [-0.39, 0.29) is 99.9 Å². The largest absolute Gasteiger partial charge is 0.481 e. The number of para-hydroxylation sites is 1. The van der Waals surface area contributed by atoms with Crippen molar-refractivity contribution in [3.63, 3.8) is 0 Å². The van der Waals surface area contributed by atoms with Gasteiger partial charge in [0.25, 0.3) is 5.69 Å². The molecule has 0 bridgehead atoms. The Hall–Kier alpha value is -6.48. The fraction of sp³-hybridized carbons (Fsp3) is 0.739. The molecule has 1 aromatic heterocycles. The van der Waals surface area contributed by atoms with Gasteiger partial charge in [-0.3, -0.25) is 29.3 Å². The van der Waals surface area contributed by atoms with E-state index in [9.17, 15) is 44.6 Å². The van der Waals surface area contributed by atoms with Crippen LogP contribution in [-0.2, 0) is 42.5 Å². The van der Waals surface area contributed by atoms with Crippen LogP contribution >= 0.6 is 11.6 Å². The van der Waals surface area contributed by atoms with E-state index in [0.29, 0.717) is 101 Å². The summed E-state index contributed by atoms with van der Waals surface area (Å²) in [6, 6.07) is 22.4. The molecule has 15 aliphatic carbocycles. The summed E-state index contributed by atoms with van der Waals surface area (Å²) in [5.41, 5.74) is 11.9. The molecule has 29 atom stereocenters. The number of fused-ring (bicyclic) bond motifs is 27. The number of nitrogens with zero attached hydrogens (tertiary/aromatic N) is 2. The number of allylic oxidation sites excluding steroid dienone is 2. The molecule has 1 amide bonds. The highest BCUT2D eigenvalue weighted by atomic mass is 35.5. The molecular formula is C111H156ClN5O10. The number of hydrogen-bond donors (Lipinski definition) is 6. The number of nitro benzene ring substituents is 1. The second kappa shape index (κ2) is 30.5. The molecule has 0 spiro atoms. The maximum absolute atomic E-state index is 13.9. The summed E-state index contributed by atoms with van der Waals surface area (Å²) in [5.74, 6) is 6.15. The lowest BCUT2D eigenvalue weighted by atomic mass is 9.31. The van der Waals surface area contributed by atoms with Gasteiger partial charge in [0.1, 0.15) is 13.2 Å². The fourth-order valence-corrected chi connectivity index (χ4v) is 39.4. The van der Waals surface area contributed by atoms with Crippen LogP contribution in [0, 0.1) is 181 Å². The van der Waals surface area contributed by atoms with E-state index in [0.717, 1.165) is 119 Å². The number of anilines is 1. The molecule has 16 heteroatoms. The van der Waals surface area contributed by atoms with Gasteiger partial charge in [-0.25, -0.2) is 0 Å². The number of halogens is 1. The van der Waals surface area contributed by atoms with Crippen LogP contribution in [0.3, 0.4) is 0 Å². The molecule has 692 valence electrons. The van der Waals surface area contributed by atoms with Gasteiger partial charge in [-0.2, -0.15) is 0 Å². The summed E-state index contributed by atoms with van der Waals surface area (Å²) in [7, 11) is 0. The van der Waals surface area contributed by atoms with Gasteiger partial charge >= 0.3 is 17.9 Å². The van der Waals surface area contributed by atoms with E-state index in [1.807, 2.05) is 6.07 Å². The average molecular weight is 1760 g/mol. The molecule has 1 aliphatic heterocycles. The Bertz CT molecular complexity index is 5140. The van der Waals surface area contributed by atoms with E-state index in [2.05, 4.69) is 197 Å². The number of H-pyrrole nitrogens is 1. The number of carboxylic acid groups (broad SMARTS) is 3. The number of aromatic amines is 1. The van der Waals surface area contributed by atoms with E-state index >= 15 is 0 Å². The summed E-state index contributed by atoms with van der Waals surface area (Å²) in [6.45, 7) is 56.3. The molecule has 127 heavy (non-hydrogen) atoms.